The molecule has 0 amide bonds. The lowest BCUT2D eigenvalue weighted by Crippen LogP contribution is -2.39. The van der Waals surface area contributed by atoms with Crippen LogP contribution in [-0.4, -0.2) is 27.4 Å². The van der Waals surface area contributed by atoms with E-state index in [9.17, 15) is 0 Å². The van der Waals surface area contributed by atoms with Crippen LogP contribution in [0.2, 0.25) is 0 Å². The first-order valence-electron chi connectivity index (χ1n) is 5.01. The Balaban J connectivity index is 2.24. The molecule has 5 heteroatoms. The number of hydrogen-bond acceptors (Lipinski definition) is 3. The standard InChI is InChI=1S/C9H15BrN4/c1-7-5-3-4-6-14(7)9-11-8(10)12-13(9)2/h7H,3-6H2,1-2H3. The van der Waals surface area contributed by atoms with E-state index in [-0.39, 0.29) is 0 Å². The number of piperidine rings is 1. The molecule has 0 saturated carbocycles. The highest BCUT2D eigenvalue weighted by Gasteiger charge is 2.22. The second kappa shape index (κ2) is 3.88. The largest absolute Gasteiger partial charge is 0.338 e. The average Bonchev–Trinajstić information content (AvgIpc) is 2.46. The summed E-state index contributed by atoms with van der Waals surface area (Å²) in [4.78, 5) is 6.71. The molecule has 0 spiro atoms. The molecule has 2 heterocycles. The quantitative estimate of drug-likeness (QED) is 0.773. The van der Waals surface area contributed by atoms with Crippen molar-refractivity contribution in [2.45, 2.75) is 32.2 Å². The zero-order valence-electron chi connectivity index (χ0n) is 8.57. The highest BCUT2D eigenvalue weighted by atomic mass is 79.9. The Kier molecular flexibility index (Phi) is 2.76. The molecule has 1 aromatic heterocycles. The summed E-state index contributed by atoms with van der Waals surface area (Å²) in [7, 11) is 1.94. The molecular weight excluding hydrogens is 244 g/mol. The Labute approximate surface area is 92.4 Å². The van der Waals surface area contributed by atoms with Gasteiger partial charge in [-0.3, -0.25) is 0 Å². The first kappa shape index (κ1) is 9.96. The van der Waals surface area contributed by atoms with E-state index in [2.05, 4.69) is 37.8 Å². The van der Waals surface area contributed by atoms with E-state index in [1.165, 1.54) is 19.3 Å². The molecule has 0 radical (unpaired) electrons. The molecule has 1 aliphatic heterocycles. The monoisotopic (exact) mass is 258 g/mol. The van der Waals surface area contributed by atoms with Crippen LogP contribution in [-0.2, 0) is 7.05 Å². The molecule has 1 aromatic rings. The average molecular weight is 259 g/mol. The van der Waals surface area contributed by atoms with Crippen LogP contribution < -0.4 is 4.90 Å². The first-order chi connectivity index (χ1) is 6.68. The van der Waals surface area contributed by atoms with Crippen molar-refractivity contribution >= 4 is 21.9 Å². The van der Waals surface area contributed by atoms with Crippen molar-refractivity contribution in [3.63, 3.8) is 0 Å². The fourth-order valence-corrected chi connectivity index (χ4v) is 2.39. The van der Waals surface area contributed by atoms with Gasteiger partial charge in [0.1, 0.15) is 0 Å². The maximum atomic E-state index is 4.38. The molecule has 1 unspecified atom stereocenters. The van der Waals surface area contributed by atoms with Crippen molar-refractivity contribution in [1.29, 1.82) is 0 Å². The van der Waals surface area contributed by atoms with Crippen molar-refractivity contribution < 1.29 is 0 Å². The van der Waals surface area contributed by atoms with E-state index < -0.39 is 0 Å². The van der Waals surface area contributed by atoms with E-state index >= 15 is 0 Å². The molecule has 1 aliphatic rings. The summed E-state index contributed by atoms with van der Waals surface area (Å²) in [5.41, 5.74) is 0. The van der Waals surface area contributed by atoms with Gasteiger partial charge in [0, 0.05) is 19.6 Å². The van der Waals surface area contributed by atoms with Gasteiger partial charge in [0.25, 0.3) is 0 Å². The number of aromatic nitrogens is 3. The van der Waals surface area contributed by atoms with Crippen LogP contribution in [0.3, 0.4) is 0 Å². The molecule has 4 nitrogen and oxygen atoms in total. The predicted octanol–water partition coefficient (Wildman–Crippen LogP) is 1.96. The van der Waals surface area contributed by atoms with Gasteiger partial charge in [-0.2, -0.15) is 4.98 Å². The van der Waals surface area contributed by atoms with Crippen molar-refractivity contribution in [1.82, 2.24) is 14.8 Å². The molecular formula is C9H15BrN4. The van der Waals surface area contributed by atoms with E-state index in [0.29, 0.717) is 10.8 Å². The molecule has 1 saturated heterocycles. The predicted molar refractivity (Wildman–Crippen MR) is 59.4 cm³/mol. The summed E-state index contributed by atoms with van der Waals surface area (Å²) in [6.07, 6.45) is 3.84. The third-order valence-electron chi connectivity index (χ3n) is 2.77. The Morgan fingerprint density at radius 1 is 1.43 bits per heavy atom. The highest BCUT2D eigenvalue weighted by molar-refractivity contribution is 9.10. The highest BCUT2D eigenvalue weighted by Crippen LogP contribution is 2.23. The number of hydrogen-bond donors (Lipinski definition) is 0. The van der Waals surface area contributed by atoms with Gasteiger partial charge < -0.3 is 4.90 Å². The smallest absolute Gasteiger partial charge is 0.224 e. The van der Waals surface area contributed by atoms with Gasteiger partial charge in [0.15, 0.2) is 0 Å². The van der Waals surface area contributed by atoms with Crippen LogP contribution in [0.25, 0.3) is 0 Å². The van der Waals surface area contributed by atoms with Crippen molar-refractivity contribution in [3.05, 3.63) is 4.73 Å². The molecule has 1 atom stereocenters. The Morgan fingerprint density at radius 3 is 2.79 bits per heavy atom. The van der Waals surface area contributed by atoms with Crippen molar-refractivity contribution in [2.24, 2.45) is 7.05 Å². The van der Waals surface area contributed by atoms with Gasteiger partial charge in [-0.15, -0.1) is 5.10 Å². The Morgan fingerprint density at radius 2 is 2.21 bits per heavy atom. The topological polar surface area (TPSA) is 34.0 Å². The molecule has 0 aromatic carbocycles. The van der Waals surface area contributed by atoms with Gasteiger partial charge in [0.05, 0.1) is 0 Å². The molecule has 1 fully saturated rings. The summed E-state index contributed by atoms with van der Waals surface area (Å²) in [6, 6.07) is 0.582. The summed E-state index contributed by atoms with van der Waals surface area (Å²) < 4.78 is 2.51. The fourth-order valence-electron chi connectivity index (χ4n) is 1.99. The second-order valence-corrected chi connectivity index (χ2v) is 4.55. The summed E-state index contributed by atoms with van der Waals surface area (Å²) >= 11 is 3.30. The summed E-state index contributed by atoms with van der Waals surface area (Å²) in [5.74, 6) is 0.976. The minimum Gasteiger partial charge on any atom is -0.338 e. The first-order valence-corrected chi connectivity index (χ1v) is 5.81. The molecule has 2 rings (SSSR count). The number of aryl methyl sites for hydroxylation is 1. The maximum absolute atomic E-state index is 4.38. The van der Waals surface area contributed by atoms with Gasteiger partial charge in [0.2, 0.25) is 10.7 Å². The lowest BCUT2D eigenvalue weighted by atomic mass is 10.0. The van der Waals surface area contributed by atoms with Crippen LogP contribution in [0.4, 0.5) is 5.95 Å². The zero-order chi connectivity index (χ0) is 10.1. The van der Waals surface area contributed by atoms with Gasteiger partial charge in [-0.05, 0) is 42.1 Å². The van der Waals surface area contributed by atoms with Crippen LogP contribution in [0.15, 0.2) is 4.73 Å². The van der Waals surface area contributed by atoms with Crippen molar-refractivity contribution in [2.75, 3.05) is 11.4 Å². The van der Waals surface area contributed by atoms with Gasteiger partial charge >= 0.3 is 0 Å². The van der Waals surface area contributed by atoms with Crippen LogP contribution in [0.1, 0.15) is 26.2 Å². The normalized spacial score (nSPS) is 22.8. The fraction of sp³-hybridized carbons (Fsp3) is 0.778. The van der Waals surface area contributed by atoms with Crippen LogP contribution in [0.5, 0.6) is 0 Å². The SMILES string of the molecule is CC1CCCCN1c1nc(Br)nn1C. The lowest BCUT2D eigenvalue weighted by molar-refractivity contribution is 0.470. The van der Waals surface area contributed by atoms with E-state index in [1.54, 1.807) is 0 Å². The molecule has 0 bridgehead atoms. The Bertz CT molecular complexity index is 323. The summed E-state index contributed by atoms with van der Waals surface area (Å²) in [5, 5.41) is 4.20. The molecule has 78 valence electrons. The van der Waals surface area contributed by atoms with E-state index in [1.807, 2.05) is 11.7 Å². The Hall–Kier alpha value is -0.580. The third-order valence-corrected chi connectivity index (χ3v) is 3.11. The van der Waals surface area contributed by atoms with Crippen molar-refractivity contribution in [3.8, 4) is 0 Å². The molecule has 0 N–H and O–H groups in total. The molecule has 14 heavy (non-hydrogen) atoms. The van der Waals surface area contributed by atoms with Gasteiger partial charge in [-0.1, -0.05) is 0 Å². The second-order valence-electron chi connectivity index (χ2n) is 3.84. The van der Waals surface area contributed by atoms with Crippen LogP contribution in [0, 0.1) is 0 Å². The minimum absolute atomic E-state index is 0.582. The number of anilines is 1. The van der Waals surface area contributed by atoms with E-state index in [0.717, 1.165) is 12.5 Å². The maximum Gasteiger partial charge on any atom is 0.224 e. The molecule has 0 aliphatic carbocycles. The van der Waals surface area contributed by atoms with Crippen LogP contribution >= 0.6 is 15.9 Å². The number of rotatable bonds is 1. The number of nitrogens with zero attached hydrogens (tertiary/aromatic N) is 4. The summed E-state index contributed by atoms with van der Waals surface area (Å²) in [6.45, 7) is 3.35. The number of halogens is 1. The van der Waals surface area contributed by atoms with E-state index in [4.69, 9.17) is 0 Å². The van der Waals surface area contributed by atoms with Gasteiger partial charge in [-0.25, -0.2) is 4.68 Å². The zero-order valence-corrected chi connectivity index (χ0v) is 10.2. The lowest BCUT2D eigenvalue weighted by Gasteiger charge is -2.33. The third kappa shape index (κ3) is 1.78. The minimum atomic E-state index is 0.582.